The highest BCUT2D eigenvalue weighted by Gasteiger charge is 2.13. The first-order chi connectivity index (χ1) is 11.2. The molecule has 0 saturated heterocycles. The quantitative estimate of drug-likeness (QED) is 0.512. The van der Waals surface area contributed by atoms with Crippen LogP contribution in [0.4, 0.5) is 0 Å². The van der Waals surface area contributed by atoms with E-state index in [-0.39, 0.29) is 0 Å². The van der Waals surface area contributed by atoms with Crippen LogP contribution in [0.1, 0.15) is 27.2 Å². The number of para-hydroxylation sites is 1. The summed E-state index contributed by atoms with van der Waals surface area (Å²) in [5.74, 6) is -0.510. The number of hydrogen-bond donors (Lipinski definition) is 3. The van der Waals surface area contributed by atoms with E-state index < -0.39 is 5.91 Å². The molecule has 3 aromatic rings. The van der Waals surface area contributed by atoms with E-state index in [1.807, 2.05) is 24.3 Å². The van der Waals surface area contributed by atoms with Crippen molar-refractivity contribution in [2.45, 2.75) is 20.0 Å². The molecule has 0 aliphatic rings. The second-order valence-electron chi connectivity index (χ2n) is 5.51. The number of nitrogens with one attached hydrogen (secondary N) is 1. The largest absolute Gasteiger partial charge is 0.340 e. The first-order valence-electron chi connectivity index (χ1n) is 7.46. The van der Waals surface area contributed by atoms with Gasteiger partial charge in [0.15, 0.2) is 0 Å². The van der Waals surface area contributed by atoms with Crippen molar-refractivity contribution in [3.8, 4) is 0 Å². The molecule has 0 saturated carbocycles. The normalized spacial score (nSPS) is 10.9. The van der Waals surface area contributed by atoms with Crippen molar-refractivity contribution in [1.82, 2.24) is 10.0 Å². The summed E-state index contributed by atoms with van der Waals surface area (Å²) in [6, 6.07) is 15.4. The molecule has 0 atom stereocenters. The molecule has 23 heavy (non-hydrogen) atoms. The van der Waals surface area contributed by atoms with Gasteiger partial charge in [-0.25, -0.2) is 5.48 Å². The van der Waals surface area contributed by atoms with Crippen LogP contribution in [0.3, 0.4) is 0 Å². The first kappa shape index (κ1) is 15.3. The molecule has 0 spiro atoms. The van der Waals surface area contributed by atoms with Gasteiger partial charge in [0, 0.05) is 35.2 Å². The molecule has 3 rings (SSSR count). The lowest BCUT2D eigenvalue weighted by atomic mass is 10.1. The van der Waals surface area contributed by atoms with Gasteiger partial charge in [-0.05, 0) is 36.2 Å². The Morgan fingerprint density at radius 1 is 1.17 bits per heavy atom. The minimum Gasteiger partial charge on any atom is -0.340 e. The molecule has 5 nitrogen and oxygen atoms in total. The minimum atomic E-state index is -0.510. The third-order valence-corrected chi connectivity index (χ3v) is 4.22. The van der Waals surface area contributed by atoms with Crippen LogP contribution in [0.5, 0.6) is 0 Å². The van der Waals surface area contributed by atoms with E-state index in [0.29, 0.717) is 18.7 Å². The van der Waals surface area contributed by atoms with E-state index in [4.69, 9.17) is 10.9 Å². The van der Waals surface area contributed by atoms with Gasteiger partial charge >= 0.3 is 0 Å². The van der Waals surface area contributed by atoms with E-state index in [9.17, 15) is 4.79 Å². The maximum Gasteiger partial charge on any atom is 0.274 e. The zero-order valence-electron chi connectivity index (χ0n) is 12.9. The van der Waals surface area contributed by atoms with Crippen LogP contribution in [0.2, 0.25) is 0 Å². The van der Waals surface area contributed by atoms with Crippen LogP contribution in [0.15, 0.2) is 48.5 Å². The van der Waals surface area contributed by atoms with Crippen LogP contribution in [-0.2, 0) is 13.1 Å². The Hall–Kier alpha value is -2.63. The van der Waals surface area contributed by atoms with E-state index in [2.05, 4.69) is 23.6 Å². The average Bonchev–Trinajstić information content (AvgIpc) is 2.86. The number of nitrogens with two attached hydrogens (primary N) is 1. The summed E-state index contributed by atoms with van der Waals surface area (Å²) in [6.07, 6.45) is 0. The third kappa shape index (κ3) is 2.72. The maximum absolute atomic E-state index is 11.4. The number of aromatic nitrogens is 1. The van der Waals surface area contributed by atoms with Crippen LogP contribution in [0.25, 0.3) is 10.9 Å². The molecule has 2 aromatic carbocycles. The van der Waals surface area contributed by atoms with Gasteiger partial charge in [0.05, 0.1) is 0 Å². The van der Waals surface area contributed by atoms with Gasteiger partial charge in [-0.15, -0.1) is 0 Å². The van der Waals surface area contributed by atoms with Crippen LogP contribution in [-0.4, -0.2) is 15.7 Å². The molecule has 5 heteroatoms. The Morgan fingerprint density at radius 3 is 2.52 bits per heavy atom. The summed E-state index contributed by atoms with van der Waals surface area (Å²) in [5.41, 5.74) is 12.5. The standard InChI is InChI=1S/C18H19N3O2/c1-12-16(10-19)15-4-2-3-5-17(15)21(12)11-13-6-8-14(9-7-13)18(22)20-23/h2-9,23H,10-11,19H2,1H3,(H,20,22). The number of rotatable bonds is 4. The Kier molecular flexibility index (Phi) is 4.14. The van der Waals surface area contributed by atoms with Crippen molar-refractivity contribution >= 4 is 16.8 Å². The van der Waals surface area contributed by atoms with E-state index in [1.165, 1.54) is 5.39 Å². The van der Waals surface area contributed by atoms with Crippen molar-refractivity contribution in [1.29, 1.82) is 0 Å². The number of carbonyl (C=O) groups excluding carboxylic acids is 1. The molecule has 0 aliphatic carbocycles. The Balaban J connectivity index is 1.98. The number of nitrogens with zero attached hydrogens (tertiary/aromatic N) is 1. The number of carbonyl (C=O) groups is 1. The molecule has 1 aromatic heterocycles. The van der Waals surface area contributed by atoms with Gasteiger partial charge < -0.3 is 10.3 Å². The number of hydroxylamine groups is 1. The fraction of sp³-hybridized carbons (Fsp3) is 0.167. The molecule has 0 fully saturated rings. The molecule has 1 heterocycles. The lowest BCUT2D eigenvalue weighted by Crippen LogP contribution is -2.18. The highest BCUT2D eigenvalue weighted by atomic mass is 16.5. The van der Waals surface area contributed by atoms with Gasteiger partial charge in [0.1, 0.15) is 0 Å². The summed E-state index contributed by atoms with van der Waals surface area (Å²) in [7, 11) is 0. The first-order valence-corrected chi connectivity index (χ1v) is 7.46. The summed E-state index contributed by atoms with van der Waals surface area (Å²) < 4.78 is 2.23. The molecule has 118 valence electrons. The number of benzene rings is 2. The van der Waals surface area contributed by atoms with Gasteiger partial charge in [0.25, 0.3) is 5.91 Å². The smallest absolute Gasteiger partial charge is 0.274 e. The van der Waals surface area contributed by atoms with E-state index >= 15 is 0 Å². The zero-order chi connectivity index (χ0) is 16.4. The van der Waals surface area contributed by atoms with Crippen LogP contribution in [0, 0.1) is 6.92 Å². The lowest BCUT2D eigenvalue weighted by molar-refractivity contribution is 0.0706. The molecule has 0 aliphatic heterocycles. The molecular formula is C18H19N3O2. The SMILES string of the molecule is Cc1c(CN)c2ccccc2n1Cc1ccc(C(=O)NO)cc1. The summed E-state index contributed by atoms with van der Waals surface area (Å²) in [6.45, 7) is 3.29. The van der Waals surface area contributed by atoms with Crippen molar-refractivity contribution in [2.24, 2.45) is 5.73 Å². The average molecular weight is 309 g/mol. The summed E-state index contributed by atoms with van der Waals surface area (Å²) in [4.78, 5) is 11.4. The second-order valence-corrected chi connectivity index (χ2v) is 5.51. The summed E-state index contributed by atoms with van der Waals surface area (Å²) >= 11 is 0. The minimum absolute atomic E-state index is 0.424. The molecule has 1 amide bonds. The predicted molar refractivity (Wildman–Crippen MR) is 89.4 cm³/mol. The Labute approximate surface area is 134 Å². The van der Waals surface area contributed by atoms with Gasteiger partial charge in [0.2, 0.25) is 0 Å². The molecular weight excluding hydrogens is 290 g/mol. The molecule has 4 N–H and O–H groups in total. The number of fused-ring (bicyclic) bond motifs is 1. The van der Waals surface area contributed by atoms with Crippen LogP contribution < -0.4 is 11.2 Å². The lowest BCUT2D eigenvalue weighted by Gasteiger charge is -2.09. The molecule has 0 bridgehead atoms. The van der Waals surface area contributed by atoms with Crippen molar-refractivity contribution in [2.75, 3.05) is 0 Å². The highest BCUT2D eigenvalue weighted by molar-refractivity contribution is 5.93. The topological polar surface area (TPSA) is 80.3 Å². The Morgan fingerprint density at radius 2 is 1.87 bits per heavy atom. The van der Waals surface area contributed by atoms with Gasteiger partial charge in [-0.2, -0.15) is 0 Å². The molecule has 0 radical (unpaired) electrons. The Bertz CT molecular complexity index is 851. The predicted octanol–water partition coefficient (Wildman–Crippen LogP) is 2.58. The second kappa shape index (κ2) is 6.24. The maximum atomic E-state index is 11.4. The fourth-order valence-corrected chi connectivity index (χ4v) is 2.97. The van der Waals surface area contributed by atoms with Crippen molar-refractivity contribution < 1.29 is 10.0 Å². The zero-order valence-corrected chi connectivity index (χ0v) is 12.9. The number of amides is 1. The van der Waals surface area contributed by atoms with Gasteiger partial charge in [-0.3, -0.25) is 10.0 Å². The monoisotopic (exact) mass is 309 g/mol. The van der Waals surface area contributed by atoms with Gasteiger partial charge in [-0.1, -0.05) is 30.3 Å². The van der Waals surface area contributed by atoms with Crippen LogP contribution >= 0.6 is 0 Å². The molecule has 0 unspecified atom stereocenters. The summed E-state index contributed by atoms with van der Waals surface area (Å²) in [5, 5.41) is 9.85. The highest BCUT2D eigenvalue weighted by Crippen LogP contribution is 2.26. The third-order valence-electron chi connectivity index (χ3n) is 4.22. The van der Waals surface area contributed by atoms with E-state index in [1.54, 1.807) is 17.6 Å². The van der Waals surface area contributed by atoms with E-state index in [0.717, 1.165) is 22.3 Å². The fourth-order valence-electron chi connectivity index (χ4n) is 2.97. The van der Waals surface area contributed by atoms with Crippen molar-refractivity contribution in [3.63, 3.8) is 0 Å². The van der Waals surface area contributed by atoms with Crippen molar-refractivity contribution in [3.05, 3.63) is 70.9 Å². The number of hydrogen-bond acceptors (Lipinski definition) is 3.